The molecular weight excluding hydrogens is 490 g/mol. The molecule has 0 rings (SSSR count). The van der Waals surface area contributed by atoms with Gasteiger partial charge in [0.15, 0.2) is 0 Å². The Balaban J connectivity index is 4.86. The molecule has 0 aliphatic heterocycles. The van der Waals surface area contributed by atoms with Crippen LogP contribution in [0.4, 0.5) is 0 Å². The molecule has 9 atom stereocenters. The number of amides is 3. The molecule has 0 bridgehead atoms. The SMILES string of the molecule is CCC(=O)N[C@@H](CCC(=O)NC[C@H](O)[C@@H](O)[C@H](O)[C@H](O)CO)C(=O)NC[C@H](O)[C@@H](O)[C@H](O)[C@H](O)CO. The highest BCUT2D eigenvalue weighted by Gasteiger charge is 2.32. The van der Waals surface area contributed by atoms with Gasteiger partial charge in [0.2, 0.25) is 17.7 Å². The monoisotopic (exact) mass is 529 g/mol. The van der Waals surface area contributed by atoms with Crippen LogP contribution in [0.1, 0.15) is 26.2 Å². The Bertz CT molecular complexity index is 671. The fourth-order valence-corrected chi connectivity index (χ4v) is 2.84. The maximum atomic E-state index is 12.5. The van der Waals surface area contributed by atoms with E-state index in [0.29, 0.717) is 0 Å². The fourth-order valence-electron chi connectivity index (χ4n) is 2.84. The molecule has 36 heavy (non-hydrogen) atoms. The van der Waals surface area contributed by atoms with Crippen LogP contribution in [-0.2, 0) is 14.4 Å². The number of carbonyl (C=O) groups is 3. The molecule has 0 aromatic rings. The first kappa shape index (κ1) is 34.0. The van der Waals surface area contributed by atoms with Gasteiger partial charge in [-0.15, -0.1) is 0 Å². The minimum Gasteiger partial charge on any atom is -0.394 e. The van der Waals surface area contributed by atoms with E-state index in [1.54, 1.807) is 0 Å². The molecule has 212 valence electrons. The van der Waals surface area contributed by atoms with Crippen LogP contribution < -0.4 is 16.0 Å². The van der Waals surface area contributed by atoms with Crippen LogP contribution in [0.5, 0.6) is 0 Å². The highest BCUT2D eigenvalue weighted by Crippen LogP contribution is 2.07. The second-order valence-electron chi connectivity index (χ2n) is 8.16. The van der Waals surface area contributed by atoms with E-state index in [4.69, 9.17) is 10.2 Å². The lowest BCUT2D eigenvalue weighted by Gasteiger charge is -2.26. The lowest BCUT2D eigenvalue weighted by atomic mass is 10.0. The van der Waals surface area contributed by atoms with Crippen molar-refractivity contribution < 1.29 is 65.4 Å². The topological polar surface area (TPSA) is 290 Å². The summed E-state index contributed by atoms with van der Waals surface area (Å²) in [5, 5.41) is 101. The normalized spacial score (nSPS) is 19.1. The van der Waals surface area contributed by atoms with Gasteiger partial charge >= 0.3 is 0 Å². The van der Waals surface area contributed by atoms with Crippen molar-refractivity contribution in [2.75, 3.05) is 26.3 Å². The van der Waals surface area contributed by atoms with Crippen molar-refractivity contribution in [2.45, 2.75) is 81.1 Å². The highest BCUT2D eigenvalue weighted by molar-refractivity contribution is 5.88. The van der Waals surface area contributed by atoms with Gasteiger partial charge in [0.05, 0.1) is 25.4 Å². The Kier molecular flexibility index (Phi) is 16.5. The van der Waals surface area contributed by atoms with E-state index in [-0.39, 0.29) is 19.3 Å². The predicted molar refractivity (Wildman–Crippen MR) is 120 cm³/mol. The average Bonchev–Trinajstić information content (AvgIpc) is 2.88. The number of nitrogens with one attached hydrogen (secondary N) is 3. The zero-order valence-corrected chi connectivity index (χ0v) is 19.8. The van der Waals surface area contributed by atoms with Crippen molar-refractivity contribution in [3.05, 3.63) is 0 Å². The molecule has 0 aromatic carbocycles. The van der Waals surface area contributed by atoms with Gasteiger partial charge in [-0.2, -0.15) is 0 Å². The molecule has 0 aliphatic carbocycles. The van der Waals surface area contributed by atoms with Crippen LogP contribution in [0, 0.1) is 0 Å². The summed E-state index contributed by atoms with van der Waals surface area (Å²) < 4.78 is 0. The molecule has 0 spiro atoms. The molecule has 0 aromatic heterocycles. The molecule has 0 aliphatic rings. The molecule has 16 nitrogen and oxygen atoms in total. The Morgan fingerprint density at radius 1 is 0.639 bits per heavy atom. The van der Waals surface area contributed by atoms with Crippen LogP contribution in [0.25, 0.3) is 0 Å². The molecule has 0 unspecified atom stereocenters. The second-order valence-corrected chi connectivity index (χ2v) is 8.16. The van der Waals surface area contributed by atoms with E-state index in [1.807, 2.05) is 0 Å². The van der Waals surface area contributed by atoms with Gasteiger partial charge in [-0.1, -0.05) is 6.92 Å². The quantitative estimate of drug-likeness (QED) is 0.0786. The van der Waals surface area contributed by atoms with Crippen molar-refractivity contribution in [3.8, 4) is 0 Å². The molecule has 0 radical (unpaired) electrons. The predicted octanol–water partition coefficient (Wildman–Crippen LogP) is -7.23. The van der Waals surface area contributed by atoms with Gasteiger partial charge in [-0.05, 0) is 6.42 Å². The molecule has 13 N–H and O–H groups in total. The Labute approximate surface area is 207 Å². The first-order chi connectivity index (χ1) is 16.8. The standard InChI is InChI=1S/C20H39N3O13/c1-2-14(30)23-9(20(36)22-6-11(27)17(33)19(35)13(29)8-25)3-4-15(31)21-5-10(26)16(32)18(34)12(28)7-24/h9-13,16-19,24-29,32-35H,2-8H2,1H3,(H,21,31)(H,22,36)(H,23,30)/t9-,10-,11-,12+,13+,16+,17+,18+,19+/m0/s1. The number of hydrogen-bond acceptors (Lipinski definition) is 13. The van der Waals surface area contributed by atoms with Gasteiger partial charge in [0, 0.05) is 25.9 Å². The summed E-state index contributed by atoms with van der Waals surface area (Å²) in [5.74, 6) is -2.09. The van der Waals surface area contributed by atoms with Gasteiger partial charge in [-0.25, -0.2) is 0 Å². The minimum absolute atomic E-state index is 0.00859. The number of hydrogen-bond donors (Lipinski definition) is 13. The number of carbonyl (C=O) groups excluding carboxylic acids is 3. The van der Waals surface area contributed by atoms with Gasteiger partial charge in [0.1, 0.15) is 42.7 Å². The Morgan fingerprint density at radius 2 is 1.06 bits per heavy atom. The number of rotatable bonds is 18. The summed E-state index contributed by atoms with van der Waals surface area (Å²) >= 11 is 0. The van der Waals surface area contributed by atoms with Crippen LogP contribution in [0.15, 0.2) is 0 Å². The van der Waals surface area contributed by atoms with E-state index < -0.39 is 98.9 Å². The first-order valence-corrected chi connectivity index (χ1v) is 11.3. The molecule has 16 heteroatoms. The fraction of sp³-hybridized carbons (Fsp3) is 0.850. The lowest BCUT2D eigenvalue weighted by Crippen LogP contribution is -2.53. The van der Waals surface area contributed by atoms with Crippen LogP contribution in [-0.4, -0.2) is 150 Å². The van der Waals surface area contributed by atoms with Gasteiger partial charge in [-0.3, -0.25) is 14.4 Å². The molecule has 3 amide bonds. The zero-order chi connectivity index (χ0) is 28.0. The van der Waals surface area contributed by atoms with Crippen LogP contribution >= 0.6 is 0 Å². The summed E-state index contributed by atoms with van der Waals surface area (Å²) in [5.41, 5.74) is 0. The van der Waals surface area contributed by atoms with E-state index in [1.165, 1.54) is 6.92 Å². The van der Waals surface area contributed by atoms with Crippen molar-refractivity contribution >= 4 is 17.7 Å². The largest absolute Gasteiger partial charge is 0.394 e. The van der Waals surface area contributed by atoms with Gasteiger partial charge < -0.3 is 67.0 Å². The zero-order valence-electron chi connectivity index (χ0n) is 19.8. The van der Waals surface area contributed by atoms with E-state index >= 15 is 0 Å². The second kappa shape index (κ2) is 17.5. The van der Waals surface area contributed by atoms with E-state index in [9.17, 15) is 55.2 Å². The third-order valence-electron chi connectivity index (χ3n) is 5.28. The van der Waals surface area contributed by atoms with Crippen molar-refractivity contribution in [2.24, 2.45) is 0 Å². The van der Waals surface area contributed by atoms with E-state index in [0.717, 1.165) is 0 Å². The van der Waals surface area contributed by atoms with Crippen molar-refractivity contribution in [3.63, 3.8) is 0 Å². The molecule has 0 heterocycles. The summed E-state index contributed by atoms with van der Waals surface area (Å²) in [6.07, 6.45) is -15.0. The number of aliphatic hydroxyl groups excluding tert-OH is 10. The van der Waals surface area contributed by atoms with Gasteiger partial charge in [0.25, 0.3) is 0 Å². The van der Waals surface area contributed by atoms with Crippen molar-refractivity contribution in [1.82, 2.24) is 16.0 Å². The maximum absolute atomic E-state index is 12.5. The first-order valence-electron chi connectivity index (χ1n) is 11.3. The average molecular weight is 530 g/mol. The van der Waals surface area contributed by atoms with Crippen LogP contribution in [0.3, 0.4) is 0 Å². The third-order valence-corrected chi connectivity index (χ3v) is 5.28. The highest BCUT2D eigenvalue weighted by atomic mass is 16.4. The number of aliphatic hydroxyl groups is 10. The smallest absolute Gasteiger partial charge is 0.242 e. The van der Waals surface area contributed by atoms with Crippen LogP contribution in [0.2, 0.25) is 0 Å². The Hall–Kier alpha value is -1.99. The minimum atomic E-state index is -1.92. The summed E-state index contributed by atoms with van der Waals surface area (Å²) in [6, 6.07) is -1.25. The maximum Gasteiger partial charge on any atom is 0.242 e. The molecule has 0 saturated carbocycles. The van der Waals surface area contributed by atoms with E-state index in [2.05, 4.69) is 16.0 Å². The summed E-state index contributed by atoms with van der Waals surface area (Å²) in [6.45, 7) is -1.39. The Morgan fingerprint density at radius 3 is 1.47 bits per heavy atom. The third kappa shape index (κ3) is 11.8. The van der Waals surface area contributed by atoms with Crippen molar-refractivity contribution in [1.29, 1.82) is 0 Å². The lowest BCUT2D eigenvalue weighted by molar-refractivity contribution is -0.132. The molecule has 0 saturated heterocycles. The molecule has 0 fully saturated rings. The summed E-state index contributed by atoms with van der Waals surface area (Å²) in [4.78, 5) is 36.3. The summed E-state index contributed by atoms with van der Waals surface area (Å²) in [7, 11) is 0. The molecular formula is C20H39N3O13.